The van der Waals surface area contributed by atoms with Crippen molar-refractivity contribution in [2.24, 2.45) is 5.10 Å². The molecule has 0 bridgehead atoms. The standard InChI is InChI=1S/C25H25N3O3/c1-18-3-7-21(8-4-18)17-31-23-13-9-20(10-14-23)15-27-28-24(29)16-26-25(30)22-11-5-19(2)6-12-22/h3-15H,16-17H2,1-2H3,(H,26,30)(H,28,29)/b27-15-. The van der Waals surface area contributed by atoms with Crippen LogP contribution in [0.15, 0.2) is 77.9 Å². The first-order chi connectivity index (χ1) is 15.0. The summed E-state index contributed by atoms with van der Waals surface area (Å²) in [5.41, 5.74) is 7.10. The fourth-order valence-corrected chi connectivity index (χ4v) is 2.69. The third kappa shape index (κ3) is 7.12. The van der Waals surface area contributed by atoms with Gasteiger partial charge >= 0.3 is 0 Å². The van der Waals surface area contributed by atoms with Crippen molar-refractivity contribution in [3.05, 3.63) is 101 Å². The van der Waals surface area contributed by atoms with Crippen LogP contribution in [0, 0.1) is 13.8 Å². The van der Waals surface area contributed by atoms with Crippen LogP contribution in [-0.2, 0) is 11.4 Å². The van der Waals surface area contributed by atoms with Gasteiger partial charge in [-0.15, -0.1) is 0 Å². The molecule has 0 unspecified atom stereocenters. The van der Waals surface area contributed by atoms with Crippen LogP contribution in [0.1, 0.15) is 32.6 Å². The van der Waals surface area contributed by atoms with Crippen LogP contribution in [0.25, 0.3) is 0 Å². The van der Waals surface area contributed by atoms with Gasteiger partial charge in [-0.2, -0.15) is 5.10 Å². The quantitative estimate of drug-likeness (QED) is 0.434. The van der Waals surface area contributed by atoms with Crippen LogP contribution in [0.5, 0.6) is 5.75 Å². The van der Waals surface area contributed by atoms with Crippen LogP contribution in [0.3, 0.4) is 0 Å². The van der Waals surface area contributed by atoms with Gasteiger partial charge in [-0.05, 0) is 61.4 Å². The predicted molar refractivity (Wildman–Crippen MR) is 121 cm³/mol. The maximum absolute atomic E-state index is 12.0. The number of benzene rings is 3. The van der Waals surface area contributed by atoms with Gasteiger partial charge in [-0.25, -0.2) is 5.43 Å². The number of hydrazone groups is 1. The molecule has 0 aliphatic heterocycles. The van der Waals surface area contributed by atoms with Crippen LogP contribution in [0.2, 0.25) is 0 Å². The smallest absolute Gasteiger partial charge is 0.259 e. The number of aryl methyl sites for hydroxylation is 2. The summed E-state index contributed by atoms with van der Waals surface area (Å²) in [5, 5.41) is 6.48. The molecular weight excluding hydrogens is 390 g/mol. The summed E-state index contributed by atoms with van der Waals surface area (Å²) in [7, 11) is 0. The molecule has 2 amide bonds. The van der Waals surface area contributed by atoms with Crippen LogP contribution < -0.4 is 15.5 Å². The van der Waals surface area contributed by atoms with Gasteiger partial charge in [0.25, 0.3) is 11.8 Å². The summed E-state index contributed by atoms with van der Waals surface area (Å²) >= 11 is 0. The van der Waals surface area contributed by atoms with Crippen molar-refractivity contribution in [2.75, 3.05) is 6.54 Å². The van der Waals surface area contributed by atoms with Gasteiger partial charge in [0.15, 0.2) is 0 Å². The third-order valence-corrected chi connectivity index (χ3v) is 4.53. The Labute approximate surface area is 182 Å². The van der Waals surface area contributed by atoms with Crippen molar-refractivity contribution < 1.29 is 14.3 Å². The van der Waals surface area contributed by atoms with Crippen molar-refractivity contribution in [3.63, 3.8) is 0 Å². The highest BCUT2D eigenvalue weighted by Gasteiger charge is 2.07. The first-order valence-corrected chi connectivity index (χ1v) is 9.95. The van der Waals surface area contributed by atoms with Gasteiger partial charge in [-0.3, -0.25) is 9.59 Å². The number of rotatable bonds is 8. The minimum atomic E-state index is -0.408. The van der Waals surface area contributed by atoms with Crippen LogP contribution in [0.4, 0.5) is 0 Å². The van der Waals surface area contributed by atoms with Crippen molar-refractivity contribution in [3.8, 4) is 5.75 Å². The largest absolute Gasteiger partial charge is 0.489 e. The van der Waals surface area contributed by atoms with Gasteiger partial charge in [0, 0.05) is 5.56 Å². The van der Waals surface area contributed by atoms with Gasteiger partial charge in [0.05, 0.1) is 12.8 Å². The molecule has 0 atom stereocenters. The van der Waals surface area contributed by atoms with E-state index in [1.807, 2.05) is 55.5 Å². The van der Waals surface area contributed by atoms with Crippen LogP contribution in [-0.4, -0.2) is 24.6 Å². The number of hydrogen-bond donors (Lipinski definition) is 2. The summed E-state index contributed by atoms with van der Waals surface area (Å²) in [6.45, 7) is 4.34. The zero-order valence-corrected chi connectivity index (χ0v) is 17.6. The molecule has 6 nitrogen and oxygen atoms in total. The molecule has 0 radical (unpaired) electrons. The molecule has 0 fully saturated rings. The Balaban J connectivity index is 1.40. The Hall–Kier alpha value is -3.93. The maximum atomic E-state index is 12.0. The molecule has 31 heavy (non-hydrogen) atoms. The molecule has 0 spiro atoms. The first kappa shape index (κ1) is 21.8. The number of carbonyl (C=O) groups excluding carboxylic acids is 2. The van der Waals surface area contributed by atoms with E-state index in [9.17, 15) is 9.59 Å². The van der Waals surface area contributed by atoms with E-state index < -0.39 is 5.91 Å². The lowest BCUT2D eigenvalue weighted by Gasteiger charge is -2.07. The van der Waals surface area contributed by atoms with E-state index in [1.54, 1.807) is 12.1 Å². The number of hydrogen-bond acceptors (Lipinski definition) is 4. The maximum Gasteiger partial charge on any atom is 0.259 e. The molecular formula is C25H25N3O3. The molecule has 0 saturated heterocycles. The van der Waals surface area contributed by atoms with E-state index in [-0.39, 0.29) is 12.5 Å². The monoisotopic (exact) mass is 415 g/mol. The van der Waals surface area contributed by atoms with E-state index in [2.05, 4.69) is 34.9 Å². The second kappa shape index (κ2) is 10.7. The molecule has 0 heterocycles. The first-order valence-electron chi connectivity index (χ1n) is 9.95. The third-order valence-electron chi connectivity index (χ3n) is 4.53. The lowest BCUT2D eigenvalue weighted by molar-refractivity contribution is -0.120. The second-order valence-corrected chi connectivity index (χ2v) is 7.19. The Kier molecular flexibility index (Phi) is 7.54. The van der Waals surface area contributed by atoms with Crippen molar-refractivity contribution in [1.29, 1.82) is 0 Å². The molecule has 0 aliphatic carbocycles. The normalized spacial score (nSPS) is 10.6. The second-order valence-electron chi connectivity index (χ2n) is 7.19. The summed E-state index contributed by atoms with van der Waals surface area (Å²) < 4.78 is 5.77. The van der Waals surface area contributed by atoms with E-state index in [1.165, 1.54) is 11.8 Å². The van der Waals surface area contributed by atoms with Crippen LogP contribution >= 0.6 is 0 Å². The predicted octanol–water partition coefficient (Wildman–Crippen LogP) is 3.76. The van der Waals surface area contributed by atoms with Gasteiger partial charge in [0.2, 0.25) is 0 Å². The van der Waals surface area contributed by atoms with Gasteiger partial charge < -0.3 is 10.1 Å². The van der Waals surface area contributed by atoms with E-state index >= 15 is 0 Å². The van der Waals surface area contributed by atoms with Crippen molar-refractivity contribution in [1.82, 2.24) is 10.7 Å². The molecule has 0 aliphatic rings. The molecule has 0 aromatic heterocycles. The minimum absolute atomic E-state index is 0.157. The number of amides is 2. The Bertz CT molecular complexity index is 1040. The zero-order chi connectivity index (χ0) is 22.1. The topological polar surface area (TPSA) is 79.8 Å². The molecule has 6 heteroatoms. The highest BCUT2D eigenvalue weighted by molar-refractivity contribution is 5.96. The average molecular weight is 415 g/mol. The molecule has 3 rings (SSSR count). The number of ether oxygens (including phenoxy) is 1. The SMILES string of the molecule is Cc1ccc(COc2ccc(/C=N\NC(=O)CNC(=O)c3ccc(C)cc3)cc2)cc1. The van der Waals surface area contributed by atoms with Crippen molar-refractivity contribution >= 4 is 18.0 Å². The number of nitrogens with zero attached hydrogens (tertiary/aromatic N) is 1. The fraction of sp³-hybridized carbons (Fsp3) is 0.160. The average Bonchev–Trinajstić information content (AvgIpc) is 2.78. The fourth-order valence-electron chi connectivity index (χ4n) is 2.69. The molecule has 2 N–H and O–H groups in total. The molecule has 0 saturated carbocycles. The molecule has 3 aromatic rings. The Morgan fingerprint density at radius 1 is 0.871 bits per heavy atom. The highest BCUT2D eigenvalue weighted by atomic mass is 16.5. The summed E-state index contributed by atoms with van der Waals surface area (Å²) in [5.74, 6) is 0.0377. The highest BCUT2D eigenvalue weighted by Crippen LogP contribution is 2.14. The summed E-state index contributed by atoms with van der Waals surface area (Å²) in [6, 6.07) is 22.7. The minimum Gasteiger partial charge on any atom is -0.489 e. The summed E-state index contributed by atoms with van der Waals surface area (Å²) in [4.78, 5) is 23.9. The van der Waals surface area contributed by atoms with Gasteiger partial charge in [-0.1, -0.05) is 47.5 Å². The zero-order valence-electron chi connectivity index (χ0n) is 17.6. The lowest BCUT2D eigenvalue weighted by atomic mass is 10.1. The lowest BCUT2D eigenvalue weighted by Crippen LogP contribution is -2.34. The number of nitrogens with one attached hydrogen (secondary N) is 2. The Morgan fingerprint density at radius 2 is 1.48 bits per heavy atom. The summed E-state index contributed by atoms with van der Waals surface area (Å²) in [6.07, 6.45) is 1.53. The number of carbonyl (C=O) groups is 2. The Morgan fingerprint density at radius 3 is 2.13 bits per heavy atom. The van der Waals surface area contributed by atoms with Gasteiger partial charge in [0.1, 0.15) is 12.4 Å². The van der Waals surface area contributed by atoms with E-state index in [0.717, 1.165) is 22.4 Å². The molecule has 3 aromatic carbocycles. The van der Waals surface area contributed by atoms with Crippen molar-refractivity contribution in [2.45, 2.75) is 20.5 Å². The van der Waals surface area contributed by atoms with E-state index in [0.29, 0.717) is 12.2 Å². The van der Waals surface area contributed by atoms with E-state index in [4.69, 9.17) is 4.74 Å². The molecule has 158 valence electrons.